The van der Waals surface area contributed by atoms with E-state index in [4.69, 9.17) is 6.42 Å². The lowest BCUT2D eigenvalue weighted by molar-refractivity contribution is 0.224. The Bertz CT molecular complexity index is 395. The number of benzene rings is 1. The van der Waals surface area contributed by atoms with Crippen LogP contribution in [0.1, 0.15) is 18.4 Å². The molecule has 1 atom stereocenters. The van der Waals surface area contributed by atoms with Crippen molar-refractivity contribution in [2.24, 2.45) is 0 Å². The Labute approximate surface area is 97.1 Å². The van der Waals surface area contributed by atoms with Gasteiger partial charge in [0, 0.05) is 6.42 Å². The van der Waals surface area contributed by atoms with Crippen LogP contribution in [-0.4, -0.2) is 11.2 Å². The van der Waals surface area contributed by atoms with Crippen molar-refractivity contribution >= 4 is 6.08 Å². The largest absolute Gasteiger partial charge is 0.389 e. The van der Waals surface area contributed by atoms with Gasteiger partial charge in [-0.05, 0) is 12.0 Å². The maximum absolute atomic E-state index is 9.69. The van der Waals surface area contributed by atoms with Gasteiger partial charge < -0.3 is 5.11 Å². The van der Waals surface area contributed by atoms with Crippen molar-refractivity contribution in [2.45, 2.75) is 18.9 Å². The Morgan fingerprint density at radius 3 is 2.75 bits per heavy atom. The summed E-state index contributed by atoms with van der Waals surface area (Å²) in [5, 5.41) is 9.69. The minimum atomic E-state index is -0.513. The van der Waals surface area contributed by atoms with E-state index in [1.807, 2.05) is 36.4 Å². The number of aliphatic hydroxyl groups excluding tert-OH is 1. The summed E-state index contributed by atoms with van der Waals surface area (Å²) >= 11 is 0. The Kier molecular flexibility index (Phi) is 5.11. The zero-order valence-electron chi connectivity index (χ0n) is 9.26. The molecule has 0 fully saturated rings. The lowest BCUT2D eigenvalue weighted by Crippen LogP contribution is -2.02. The van der Waals surface area contributed by atoms with Crippen molar-refractivity contribution in [3.05, 3.63) is 54.1 Å². The van der Waals surface area contributed by atoms with Crippen LogP contribution in [0.5, 0.6) is 0 Å². The van der Waals surface area contributed by atoms with Gasteiger partial charge >= 0.3 is 0 Å². The third kappa shape index (κ3) is 4.63. The van der Waals surface area contributed by atoms with Crippen LogP contribution in [0.15, 0.2) is 48.6 Å². The summed E-state index contributed by atoms with van der Waals surface area (Å²) in [7, 11) is 0. The Morgan fingerprint density at radius 1 is 1.44 bits per heavy atom. The molecule has 0 aliphatic heterocycles. The fraction of sp³-hybridized carbons (Fsp3) is 0.200. The molecule has 1 aromatic carbocycles. The Hall–Kier alpha value is -1.78. The minimum absolute atomic E-state index is 0.513. The molecule has 0 radical (unpaired) electrons. The molecule has 1 nitrogen and oxygen atoms in total. The summed E-state index contributed by atoms with van der Waals surface area (Å²) < 4.78 is 0. The van der Waals surface area contributed by atoms with Gasteiger partial charge in [0.25, 0.3) is 0 Å². The molecule has 0 saturated heterocycles. The first-order valence-corrected chi connectivity index (χ1v) is 5.24. The van der Waals surface area contributed by atoms with Crippen molar-refractivity contribution in [1.82, 2.24) is 0 Å². The Balaban J connectivity index is 2.46. The number of rotatable bonds is 5. The monoisotopic (exact) mass is 212 g/mol. The summed E-state index contributed by atoms with van der Waals surface area (Å²) in [6, 6.07) is 9.86. The fourth-order valence-electron chi connectivity index (χ4n) is 1.37. The predicted molar refractivity (Wildman–Crippen MR) is 68.7 cm³/mol. The lowest BCUT2D eigenvalue weighted by Gasteiger charge is -2.05. The van der Waals surface area contributed by atoms with Crippen LogP contribution >= 0.6 is 0 Å². The van der Waals surface area contributed by atoms with E-state index >= 15 is 0 Å². The van der Waals surface area contributed by atoms with E-state index in [-0.39, 0.29) is 0 Å². The molecule has 0 spiro atoms. The zero-order chi connectivity index (χ0) is 11.8. The molecule has 0 heterocycles. The summed E-state index contributed by atoms with van der Waals surface area (Å²) in [6.45, 7) is 3.80. The molecular formula is C15H16O. The molecule has 0 aliphatic rings. The SMILES string of the molecule is C#CCC(=C)CC(O)/C=C/c1ccccc1. The average Bonchev–Trinajstić information content (AvgIpc) is 2.28. The van der Waals surface area contributed by atoms with Gasteiger partial charge in [-0.1, -0.05) is 54.6 Å². The van der Waals surface area contributed by atoms with E-state index in [9.17, 15) is 5.11 Å². The molecule has 0 amide bonds. The molecule has 1 rings (SSSR count). The van der Waals surface area contributed by atoms with Gasteiger partial charge in [0.05, 0.1) is 6.10 Å². The molecule has 16 heavy (non-hydrogen) atoms. The third-order valence-corrected chi connectivity index (χ3v) is 2.16. The second-order valence-electron chi connectivity index (χ2n) is 3.67. The summed E-state index contributed by atoms with van der Waals surface area (Å²) in [6.07, 6.45) is 9.35. The number of hydrogen-bond acceptors (Lipinski definition) is 1. The van der Waals surface area contributed by atoms with Crippen LogP contribution in [0, 0.1) is 12.3 Å². The van der Waals surface area contributed by atoms with E-state index in [1.54, 1.807) is 6.08 Å². The van der Waals surface area contributed by atoms with E-state index in [1.165, 1.54) is 0 Å². The molecule has 82 valence electrons. The summed E-state index contributed by atoms with van der Waals surface area (Å²) in [5.74, 6) is 2.51. The third-order valence-electron chi connectivity index (χ3n) is 2.16. The molecule has 1 unspecified atom stereocenters. The highest BCUT2D eigenvalue weighted by Gasteiger charge is 2.01. The molecule has 1 N–H and O–H groups in total. The molecule has 1 aromatic rings. The van der Waals surface area contributed by atoms with Crippen LogP contribution in [0.4, 0.5) is 0 Å². The molecule has 1 heteroatoms. The van der Waals surface area contributed by atoms with Gasteiger partial charge in [-0.2, -0.15) is 0 Å². The minimum Gasteiger partial charge on any atom is -0.389 e. The molecule has 0 saturated carbocycles. The standard InChI is InChI=1S/C15H16O/c1-3-7-13(2)12-15(16)11-10-14-8-5-4-6-9-14/h1,4-6,8-11,15-16H,2,7,12H2/b11-10+. The quantitative estimate of drug-likeness (QED) is 0.587. The first kappa shape index (κ1) is 12.3. The van der Waals surface area contributed by atoms with Crippen molar-refractivity contribution in [1.29, 1.82) is 0 Å². The van der Waals surface area contributed by atoms with Crippen molar-refractivity contribution in [2.75, 3.05) is 0 Å². The number of hydrogen-bond donors (Lipinski definition) is 1. The van der Waals surface area contributed by atoms with E-state index < -0.39 is 6.10 Å². The van der Waals surface area contributed by atoms with Gasteiger partial charge in [0.15, 0.2) is 0 Å². The first-order chi connectivity index (χ1) is 7.72. The first-order valence-electron chi connectivity index (χ1n) is 5.24. The Morgan fingerprint density at radius 2 is 2.12 bits per heavy atom. The van der Waals surface area contributed by atoms with E-state index in [0.717, 1.165) is 11.1 Å². The summed E-state index contributed by atoms with van der Waals surface area (Å²) in [4.78, 5) is 0. The van der Waals surface area contributed by atoms with Crippen LogP contribution in [0.25, 0.3) is 6.08 Å². The highest BCUT2D eigenvalue weighted by molar-refractivity contribution is 5.49. The van der Waals surface area contributed by atoms with Crippen molar-refractivity contribution < 1.29 is 5.11 Å². The van der Waals surface area contributed by atoms with Crippen LogP contribution < -0.4 is 0 Å². The van der Waals surface area contributed by atoms with Crippen LogP contribution in [-0.2, 0) is 0 Å². The molecule has 0 bridgehead atoms. The second kappa shape index (κ2) is 6.66. The number of terminal acetylenes is 1. The molecular weight excluding hydrogens is 196 g/mol. The van der Waals surface area contributed by atoms with Crippen LogP contribution in [0.2, 0.25) is 0 Å². The topological polar surface area (TPSA) is 20.2 Å². The van der Waals surface area contributed by atoms with Gasteiger partial charge in [0.2, 0.25) is 0 Å². The van der Waals surface area contributed by atoms with Crippen molar-refractivity contribution in [3.63, 3.8) is 0 Å². The fourth-order valence-corrected chi connectivity index (χ4v) is 1.37. The van der Waals surface area contributed by atoms with Gasteiger partial charge in [0.1, 0.15) is 0 Å². The predicted octanol–water partition coefficient (Wildman–Crippen LogP) is 3.03. The van der Waals surface area contributed by atoms with Crippen molar-refractivity contribution in [3.8, 4) is 12.3 Å². The van der Waals surface area contributed by atoms with E-state index in [0.29, 0.717) is 12.8 Å². The highest BCUT2D eigenvalue weighted by atomic mass is 16.3. The molecule has 0 aliphatic carbocycles. The van der Waals surface area contributed by atoms with Gasteiger partial charge in [-0.15, -0.1) is 12.3 Å². The average molecular weight is 212 g/mol. The molecule has 0 aromatic heterocycles. The normalized spacial score (nSPS) is 12.2. The highest BCUT2D eigenvalue weighted by Crippen LogP contribution is 2.09. The zero-order valence-corrected chi connectivity index (χ0v) is 9.26. The second-order valence-corrected chi connectivity index (χ2v) is 3.67. The van der Waals surface area contributed by atoms with Gasteiger partial charge in [-0.3, -0.25) is 0 Å². The van der Waals surface area contributed by atoms with Gasteiger partial charge in [-0.25, -0.2) is 0 Å². The maximum atomic E-state index is 9.69. The van der Waals surface area contributed by atoms with E-state index in [2.05, 4.69) is 12.5 Å². The summed E-state index contributed by atoms with van der Waals surface area (Å²) in [5.41, 5.74) is 1.96. The van der Waals surface area contributed by atoms with Crippen LogP contribution in [0.3, 0.4) is 0 Å². The smallest absolute Gasteiger partial charge is 0.0761 e. The number of aliphatic hydroxyl groups is 1. The maximum Gasteiger partial charge on any atom is 0.0761 e. The lowest BCUT2D eigenvalue weighted by atomic mass is 10.1.